The SMILES string of the molecule is CC(C)C1CSC(=NCC2(C)CCCO2)N1. The first-order chi connectivity index (χ1) is 7.59. The van der Waals surface area contributed by atoms with E-state index in [1.165, 1.54) is 6.42 Å². The lowest BCUT2D eigenvalue weighted by atomic mass is 10.0. The van der Waals surface area contributed by atoms with Crippen molar-refractivity contribution in [1.82, 2.24) is 5.32 Å². The largest absolute Gasteiger partial charge is 0.373 e. The number of ether oxygens (including phenoxy) is 1. The first-order valence-electron chi connectivity index (χ1n) is 6.17. The molecule has 92 valence electrons. The molecule has 3 nitrogen and oxygen atoms in total. The zero-order valence-electron chi connectivity index (χ0n) is 10.5. The molecule has 2 fully saturated rings. The molecule has 0 aliphatic carbocycles. The zero-order valence-corrected chi connectivity index (χ0v) is 11.3. The molecule has 2 heterocycles. The van der Waals surface area contributed by atoms with Crippen LogP contribution in [0.1, 0.15) is 33.6 Å². The molecule has 0 amide bonds. The molecule has 2 aliphatic heterocycles. The van der Waals surface area contributed by atoms with Gasteiger partial charge in [0.1, 0.15) is 0 Å². The maximum atomic E-state index is 5.73. The highest BCUT2D eigenvalue weighted by Gasteiger charge is 2.30. The van der Waals surface area contributed by atoms with Crippen LogP contribution in [-0.4, -0.2) is 35.7 Å². The molecule has 2 aliphatic rings. The van der Waals surface area contributed by atoms with E-state index in [1.807, 2.05) is 11.8 Å². The zero-order chi connectivity index (χ0) is 11.6. The number of rotatable bonds is 3. The second-order valence-corrected chi connectivity index (χ2v) is 6.34. The van der Waals surface area contributed by atoms with Crippen LogP contribution < -0.4 is 5.32 Å². The molecule has 16 heavy (non-hydrogen) atoms. The maximum absolute atomic E-state index is 5.73. The summed E-state index contributed by atoms with van der Waals surface area (Å²) < 4.78 is 5.73. The van der Waals surface area contributed by atoms with Gasteiger partial charge in [0.15, 0.2) is 5.17 Å². The van der Waals surface area contributed by atoms with Crippen LogP contribution in [0.25, 0.3) is 0 Å². The summed E-state index contributed by atoms with van der Waals surface area (Å²) in [6.45, 7) is 8.37. The fourth-order valence-corrected chi connectivity index (χ4v) is 3.26. The summed E-state index contributed by atoms with van der Waals surface area (Å²) in [5.74, 6) is 1.83. The molecule has 0 radical (unpaired) electrons. The number of hydrogen-bond donors (Lipinski definition) is 1. The van der Waals surface area contributed by atoms with Gasteiger partial charge in [0.05, 0.1) is 12.1 Å². The Bertz CT molecular complexity index is 272. The van der Waals surface area contributed by atoms with Crippen LogP contribution in [0.15, 0.2) is 4.99 Å². The summed E-state index contributed by atoms with van der Waals surface area (Å²) in [5, 5.41) is 4.60. The molecular weight excluding hydrogens is 220 g/mol. The number of nitrogens with zero attached hydrogens (tertiary/aromatic N) is 1. The number of nitrogens with one attached hydrogen (secondary N) is 1. The maximum Gasteiger partial charge on any atom is 0.156 e. The number of hydrogen-bond acceptors (Lipinski definition) is 3. The second kappa shape index (κ2) is 4.96. The van der Waals surface area contributed by atoms with E-state index in [0.717, 1.165) is 30.5 Å². The Labute approximate surface area is 102 Å². The van der Waals surface area contributed by atoms with Gasteiger partial charge in [-0.15, -0.1) is 0 Å². The minimum absolute atomic E-state index is 0.00877. The van der Waals surface area contributed by atoms with Crippen LogP contribution in [0.3, 0.4) is 0 Å². The van der Waals surface area contributed by atoms with Crippen molar-refractivity contribution in [2.45, 2.75) is 45.3 Å². The first-order valence-corrected chi connectivity index (χ1v) is 7.15. The molecule has 0 bridgehead atoms. The van der Waals surface area contributed by atoms with Crippen LogP contribution in [0.5, 0.6) is 0 Å². The fraction of sp³-hybridized carbons (Fsp3) is 0.917. The summed E-state index contributed by atoms with van der Waals surface area (Å²) in [6, 6.07) is 0.584. The Balaban J connectivity index is 1.84. The van der Waals surface area contributed by atoms with Crippen molar-refractivity contribution >= 4 is 16.9 Å². The van der Waals surface area contributed by atoms with Crippen molar-refractivity contribution in [2.24, 2.45) is 10.9 Å². The Kier molecular flexibility index (Phi) is 3.80. The van der Waals surface area contributed by atoms with Crippen molar-refractivity contribution < 1.29 is 4.74 Å². The lowest BCUT2D eigenvalue weighted by molar-refractivity contribution is 0.0285. The average Bonchev–Trinajstić information content (AvgIpc) is 2.84. The van der Waals surface area contributed by atoms with Crippen molar-refractivity contribution in [2.75, 3.05) is 18.9 Å². The second-order valence-electron chi connectivity index (χ2n) is 5.33. The number of aliphatic imine (C=N–C) groups is 1. The molecule has 0 aromatic heterocycles. The molecule has 4 heteroatoms. The highest BCUT2D eigenvalue weighted by Crippen LogP contribution is 2.26. The lowest BCUT2D eigenvalue weighted by Gasteiger charge is -2.20. The molecule has 0 aromatic carbocycles. The predicted molar refractivity (Wildman–Crippen MR) is 70.1 cm³/mol. The Morgan fingerprint density at radius 3 is 3.00 bits per heavy atom. The van der Waals surface area contributed by atoms with Gasteiger partial charge in [-0.05, 0) is 25.7 Å². The van der Waals surface area contributed by atoms with Crippen molar-refractivity contribution in [3.8, 4) is 0 Å². The van der Waals surface area contributed by atoms with Gasteiger partial charge in [0.2, 0.25) is 0 Å². The molecule has 2 unspecified atom stereocenters. The molecule has 1 N–H and O–H groups in total. The molecule has 2 atom stereocenters. The number of amidine groups is 1. The monoisotopic (exact) mass is 242 g/mol. The van der Waals surface area contributed by atoms with E-state index >= 15 is 0 Å². The van der Waals surface area contributed by atoms with Crippen molar-refractivity contribution in [3.63, 3.8) is 0 Å². The van der Waals surface area contributed by atoms with E-state index in [1.54, 1.807) is 0 Å². The van der Waals surface area contributed by atoms with Gasteiger partial charge in [0, 0.05) is 18.4 Å². The summed E-state index contributed by atoms with van der Waals surface area (Å²) in [5.41, 5.74) is -0.00877. The van der Waals surface area contributed by atoms with Crippen molar-refractivity contribution in [3.05, 3.63) is 0 Å². The fourth-order valence-electron chi connectivity index (χ4n) is 2.06. The van der Waals surface area contributed by atoms with Gasteiger partial charge in [0.25, 0.3) is 0 Å². The van der Waals surface area contributed by atoms with Crippen LogP contribution in [0, 0.1) is 5.92 Å². The summed E-state index contributed by atoms with van der Waals surface area (Å²) in [6.07, 6.45) is 2.32. The predicted octanol–water partition coefficient (Wildman–Crippen LogP) is 2.27. The van der Waals surface area contributed by atoms with Gasteiger partial charge in [-0.2, -0.15) is 0 Å². The summed E-state index contributed by atoms with van der Waals surface area (Å²) in [4.78, 5) is 4.65. The van der Waals surface area contributed by atoms with Gasteiger partial charge in [-0.1, -0.05) is 25.6 Å². The molecule has 2 saturated heterocycles. The molecule has 2 rings (SSSR count). The van der Waals surface area contributed by atoms with Gasteiger partial charge in [-0.25, -0.2) is 0 Å². The summed E-state index contributed by atoms with van der Waals surface area (Å²) >= 11 is 1.84. The highest BCUT2D eigenvalue weighted by molar-refractivity contribution is 8.14. The third-order valence-electron chi connectivity index (χ3n) is 3.37. The average molecular weight is 242 g/mol. The molecule has 0 aromatic rings. The third-order valence-corrected chi connectivity index (χ3v) is 4.42. The minimum Gasteiger partial charge on any atom is -0.373 e. The van der Waals surface area contributed by atoms with Crippen LogP contribution >= 0.6 is 11.8 Å². The van der Waals surface area contributed by atoms with Crippen LogP contribution in [-0.2, 0) is 4.74 Å². The third kappa shape index (κ3) is 2.92. The van der Waals surface area contributed by atoms with Crippen LogP contribution in [0.2, 0.25) is 0 Å². The minimum atomic E-state index is -0.00877. The van der Waals surface area contributed by atoms with Gasteiger partial charge >= 0.3 is 0 Å². The standard InChI is InChI=1S/C12H22N2OS/c1-9(2)10-7-16-11(14-10)13-8-12(3)5-4-6-15-12/h9-10H,4-8H2,1-3H3,(H,13,14). The Morgan fingerprint density at radius 1 is 1.62 bits per heavy atom. The van der Waals surface area contributed by atoms with Crippen LogP contribution in [0.4, 0.5) is 0 Å². The topological polar surface area (TPSA) is 33.6 Å². The molecule has 0 saturated carbocycles. The first kappa shape index (κ1) is 12.2. The summed E-state index contributed by atoms with van der Waals surface area (Å²) in [7, 11) is 0. The normalized spacial score (nSPS) is 37.2. The number of thioether (sulfide) groups is 1. The molecule has 0 spiro atoms. The lowest BCUT2D eigenvalue weighted by Crippen LogP contribution is -2.33. The van der Waals surface area contributed by atoms with E-state index in [-0.39, 0.29) is 5.60 Å². The van der Waals surface area contributed by atoms with E-state index < -0.39 is 0 Å². The van der Waals surface area contributed by atoms with E-state index in [9.17, 15) is 0 Å². The Morgan fingerprint density at radius 2 is 2.44 bits per heavy atom. The molecular formula is C12H22N2OS. The van der Waals surface area contributed by atoms with Crippen molar-refractivity contribution in [1.29, 1.82) is 0 Å². The van der Waals surface area contributed by atoms with Gasteiger partial charge in [-0.3, -0.25) is 4.99 Å². The highest BCUT2D eigenvalue weighted by atomic mass is 32.2. The van der Waals surface area contributed by atoms with E-state index in [0.29, 0.717) is 12.0 Å². The smallest absolute Gasteiger partial charge is 0.156 e. The van der Waals surface area contributed by atoms with E-state index in [4.69, 9.17) is 4.74 Å². The Hall–Kier alpha value is -0.220. The van der Waals surface area contributed by atoms with Gasteiger partial charge < -0.3 is 10.1 Å². The quantitative estimate of drug-likeness (QED) is 0.824. The van der Waals surface area contributed by atoms with E-state index in [2.05, 4.69) is 31.1 Å².